The summed E-state index contributed by atoms with van der Waals surface area (Å²) in [5.41, 5.74) is 0. The summed E-state index contributed by atoms with van der Waals surface area (Å²) in [6.07, 6.45) is 4.91. The highest BCUT2D eigenvalue weighted by Gasteiger charge is 2.25. The molecule has 18 heavy (non-hydrogen) atoms. The highest BCUT2D eigenvalue weighted by molar-refractivity contribution is 7.10. The van der Waals surface area contributed by atoms with Crippen molar-refractivity contribution < 1.29 is 4.74 Å². The summed E-state index contributed by atoms with van der Waals surface area (Å²) < 4.78 is 7.51. The largest absolute Gasteiger partial charge is 0.380 e. The minimum Gasteiger partial charge on any atom is -0.380 e. The molecule has 1 aliphatic rings. The zero-order valence-corrected chi connectivity index (χ0v) is 11.2. The molecule has 0 bridgehead atoms. The summed E-state index contributed by atoms with van der Waals surface area (Å²) in [6, 6.07) is 4.83. The van der Waals surface area contributed by atoms with Crippen LogP contribution < -0.4 is 5.32 Å². The van der Waals surface area contributed by atoms with Crippen molar-refractivity contribution in [3.63, 3.8) is 0 Å². The van der Waals surface area contributed by atoms with Gasteiger partial charge in [-0.25, -0.2) is 4.98 Å². The fraction of sp³-hybridized carbons (Fsp3) is 0.462. The van der Waals surface area contributed by atoms with Crippen molar-refractivity contribution in [2.24, 2.45) is 7.05 Å². The van der Waals surface area contributed by atoms with Gasteiger partial charge in [0, 0.05) is 37.0 Å². The average Bonchev–Trinajstić information content (AvgIpc) is 3.09. The first-order valence-electron chi connectivity index (χ1n) is 6.19. The summed E-state index contributed by atoms with van der Waals surface area (Å²) >= 11 is 1.76. The Morgan fingerprint density at radius 3 is 3.17 bits per heavy atom. The van der Waals surface area contributed by atoms with Gasteiger partial charge in [0.05, 0.1) is 6.61 Å². The number of hydrogen-bond acceptors (Lipinski definition) is 4. The van der Waals surface area contributed by atoms with E-state index in [-0.39, 0.29) is 6.04 Å². The standard InChI is InChI=1S/C13H17N3OS/c1-16-6-5-14-13(16)12(11-3-2-8-18-11)15-10-4-7-17-9-10/h2-3,5-6,8,10,12,15H,4,7,9H2,1H3. The Bertz CT molecular complexity index is 488. The molecule has 1 fully saturated rings. The molecule has 2 aromatic heterocycles. The minimum absolute atomic E-state index is 0.164. The maximum atomic E-state index is 5.44. The quantitative estimate of drug-likeness (QED) is 0.916. The maximum Gasteiger partial charge on any atom is 0.131 e. The number of aromatic nitrogens is 2. The summed E-state index contributed by atoms with van der Waals surface area (Å²) in [7, 11) is 2.04. The van der Waals surface area contributed by atoms with Crippen LogP contribution in [0.4, 0.5) is 0 Å². The van der Waals surface area contributed by atoms with Crippen LogP contribution in [-0.2, 0) is 11.8 Å². The van der Waals surface area contributed by atoms with Gasteiger partial charge in [0.25, 0.3) is 0 Å². The lowest BCUT2D eigenvalue weighted by Gasteiger charge is -2.21. The van der Waals surface area contributed by atoms with E-state index < -0.39 is 0 Å². The summed E-state index contributed by atoms with van der Waals surface area (Å²) in [5, 5.41) is 5.77. The fourth-order valence-electron chi connectivity index (χ4n) is 2.30. The molecule has 5 heteroatoms. The molecule has 1 aliphatic heterocycles. The number of nitrogens with zero attached hydrogens (tertiary/aromatic N) is 2. The second-order valence-corrected chi connectivity index (χ2v) is 5.55. The van der Waals surface area contributed by atoms with Crippen molar-refractivity contribution in [3.05, 3.63) is 40.6 Å². The molecule has 0 spiro atoms. The number of thiophene rings is 1. The Morgan fingerprint density at radius 1 is 1.61 bits per heavy atom. The van der Waals surface area contributed by atoms with E-state index in [9.17, 15) is 0 Å². The first-order valence-corrected chi connectivity index (χ1v) is 7.07. The highest BCUT2D eigenvalue weighted by Crippen LogP contribution is 2.26. The van der Waals surface area contributed by atoms with Crippen LogP contribution in [0.25, 0.3) is 0 Å². The summed E-state index contributed by atoms with van der Waals surface area (Å²) in [6.45, 7) is 1.65. The van der Waals surface area contributed by atoms with Crippen molar-refractivity contribution in [1.82, 2.24) is 14.9 Å². The molecule has 1 N–H and O–H groups in total. The zero-order chi connectivity index (χ0) is 12.4. The van der Waals surface area contributed by atoms with Crippen LogP contribution in [0.5, 0.6) is 0 Å². The van der Waals surface area contributed by atoms with Crippen LogP contribution in [0.2, 0.25) is 0 Å². The summed E-state index contributed by atoms with van der Waals surface area (Å²) in [5.74, 6) is 1.06. The molecule has 0 amide bonds. The van der Waals surface area contributed by atoms with Gasteiger partial charge in [-0.05, 0) is 17.9 Å². The molecular weight excluding hydrogens is 246 g/mol. The monoisotopic (exact) mass is 263 g/mol. The smallest absolute Gasteiger partial charge is 0.131 e. The third-order valence-electron chi connectivity index (χ3n) is 3.28. The van der Waals surface area contributed by atoms with Crippen LogP contribution in [0.15, 0.2) is 29.9 Å². The predicted molar refractivity (Wildman–Crippen MR) is 71.7 cm³/mol. The lowest BCUT2D eigenvalue weighted by atomic mass is 10.1. The SMILES string of the molecule is Cn1ccnc1C(NC1CCOC1)c1cccs1. The van der Waals surface area contributed by atoms with Gasteiger partial charge < -0.3 is 9.30 Å². The van der Waals surface area contributed by atoms with E-state index >= 15 is 0 Å². The van der Waals surface area contributed by atoms with Gasteiger partial charge in [0.2, 0.25) is 0 Å². The maximum absolute atomic E-state index is 5.44. The molecule has 4 nitrogen and oxygen atoms in total. The minimum atomic E-state index is 0.164. The van der Waals surface area contributed by atoms with Crippen molar-refractivity contribution in [2.45, 2.75) is 18.5 Å². The van der Waals surface area contributed by atoms with Crippen LogP contribution in [0, 0.1) is 0 Å². The molecule has 0 aliphatic carbocycles. The zero-order valence-electron chi connectivity index (χ0n) is 10.4. The first-order chi connectivity index (χ1) is 8.84. The Kier molecular flexibility index (Phi) is 3.45. The van der Waals surface area contributed by atoms with Gasteiger partial charge in [0.15, 0.2) is 0 Å². The van der Waals surface area contributed by atoms with E-state index in [1.165, 1.54) is 4.88 Å². The Balaban J connectivity index is 1.86. The molecule has 3 rings (SSSR count). The highest BCUT2D eigenvalue weighted by atomic mass is 32.1. The number of hydrogen-bond donors (Lipinski definition) is 1. The van der Waals surface area contributed by atoms with Gasteiger partial charge >= 0.3 is 0 Å². The van der Waals surface area contributed by atoms with Crippen molar-refractivity contribution in [3.8, 4) is 0 Å². The molecule has 2 aromatic rings. The molecule has 1 saturated heterocycles. The number of rotatable bonds is 4. The predicted octanol–water partition coefficient (Wildman–Crippen LogP) is 1.95. The first kappa shape index (κ1) is 11.9. The van der Waals surface area contributed by atoms with E-state index in [0.29, 0.717) is 6.04 Å². The lowest BCUT2D eigenvalue weighted by Crippen LogP contribution is -2.34. The van der Waals surface area contributed by atoms with Crippen LogP contribution >= 0.6 is 11.3 Å². The van der Waals surface area contributed by atoms with Gasteiger partial charge in [-0.1, -0.05) is 6.07 Å². The van der Waals surface area contributed by atoms with E-state index in [0.717, 1.165) is 25.5 Å². The molecule has 3 heterocycles. The van der Waals surface area contributed by atoms with E-state index in [4.69, 9.17) is 4.74 Å². The molecule has 0 aromatic carbocycles. The second kappa shape index (κ2) is 5.22. The van der Waals surface area contributed by atoms with E-state index in [2.05, 4.69) is 32.4 Å². The van der Waals surface area contributed by atoms with Crippen LogP contribution in [0.1, 0.15) is 23.2 Å². The van der Waals surface area contributed by atoms with Crippen molar-refractivity contribution in [1.29, 1.82) is 0 Å². The van der Waals surface area contributed by atoms with Gasteiger partial charge in [0.1, 0.15) is 11.9 Å². The number of ether oxygens (including phenoxy) is 1. The normalized spacial score (nSPS) is 21.3. The van der Waals surface area contributed by atoms with Crippen molar-refractivity contribution in [2.75, 3.05) is 13.2 Å². The number of nitrogens with one attached hydrogen (secondary N) is 1. The third kappa shape index (κ3) is 2.34. The Morgan fingerprint density at radius 2 is 2.56 bits per heavy atom. The number of aryl methyl sites for hydroxylation is 1. The lowest BCUT2D eigenvalue weighted by molar-refractivity contribution is 0.188. The van der Waals surface area contributed by atoms with E-state index in [1.54, 1.807) is 11.3 Å². The molecule has 2 atom stereocenters. The number of imidazole rings is 1. The Labute approximate surface area is 111 Å². The van der Waals surface area contributed by atoms with Crippen LogP contribution in [-0.4, -0.2) is 28.8 Å². The summed E-state index contributed by atoms with van der Waals surface area (Å²) in [4.78, 5) is 5.78. The molecule has 2 unspecified atom stereocenters. The fourth-order valence-corrected chi connectivity index (χ4v) is 3.08. The molecule has 0 radical (unpaired) electrons. The van der Waals surface area contributed by atoms with E-state index in [1.807, 2.05) is 19.4 Å². The van der Waals surface area contributed by atoms with Gasteiger partial charge in [-0.15, -0.1) is 11.3 Å². The second-order valence-electron chi connectivity index (χ2n) is 4.57. The van der Waals surface area contributed by atoms with Crippen LogP contribution in [0.3, 0.4) is 0 Å². The topological polar surface area (TPSA) is 39.1 Å². The molecule has 0 saturated carbocycles. The molecular formula is C13H17N3OS. The average molecular weight is 263 g/mol. The molecule has 96 valence electrons. The van der Waals surface area contributed by atoms with Crippen molar-refractivity contribution >= 4 is 11.3 Å². The van der Waals surface area contributed by atoms with Gasteiger partial charge in [-0.3, -0.25) is 5.32 Å². The Hall–Kier alpha value is -1.17. The van der Waals surface area contributed by atoms with Gasteiger partial charge in [-0.2, -0.15) is 0 Å². The third-order valence-corrected chi connectivity index (χ3v) is 4.21.